The summed E-state index contributed by atoms with van der Waals surface area (Å²) in [6.07, 6.45) is -1.17. The van der Waals surface area contributed by atoms with E-state index in [1.165, 1.54) is 0 Å². The molecule has 2 rings (SSSR count). The summed E-state index contributed by atoms with van der Waals surface area (Å²) in [6, 6.07) is 10.1. The molecular weight excluding hydrogens is 334 g/mol. The van der Waals surface area contributed by atoms with Gasteiger partial charge < -0.3 is 14.6 Å². The van der Waals surface area contributed by atoms with Crippen molar-refractivity contribution < 1.29 is 19.4 Å². The standard InChI is InChI=1S/C19H27NO4Si/c1-6-24-19(22)20-16-10-7-13-11-14(23-2)8-9-15(13)18(16)17(21)12-25(3,4)5/h7-11,17,21H,6,12H2,1-5H3,(H,20,22). The van der Waals surface area contributed by atoms with E-state index in [0.717, 1.165) is 22.1 Å². The second-order valence-corrected chi connectivity index (χ2v) is 12.8. The number of hydrogen-bond donors (Lipinski definition) is 2. The predicted molar refractivity (Wildman–Crippen MR) is 104 cm³/mol. The SMILES string of the molecule is CCOC(=O)Nc1ccc2cc(OC)ccc2c1C(O)C[Si](C)(C)C. The van der Waals surface area contributed by atoms with Gasteiger partial charge in [-0.15, -0.1) is 0 Å². The topological polar surface area (TPSA) is 67.8 Å². The molecule has 136 valence electrons. The fourth-order valence-corrected chi connectivity index (χ4v) is 4.25. The largest absolute Gasteiger partial charge is 0.497 e. The molecule has 2 aromatic carbocycles. The lowest BCUT2D eigenvalue weighted by atomic mass is 9.98. The number of methoxy groups -OCH3 is 1. The predicted octanol–water partition coefficient (Wildman–Crippen LogP) is 4.79. The van der Waals surface area contributed by atoms with E-state index in [1.807, 2.05) is 30.3 Å². The highest BCUT2D eigenvalue weighted by molar-refractivity contribution is 6.76. The lowest BCUT2D eigenvalue weighted by molar-refractivity contribution is 0.167. The third-order valence-electron chi connectivity index (χ3n) is 3.92. The third kappa shape index (κ3) is 4.96. The van der Waals surface area contributed by atoms with E-state index in [1.54, 1.807) is 14.0 Å². The summed E-state index contributed by atoms with van der Waals surface area (Å²) in [4.78, 5) is 11.9. The second kappa shape index (κ2) is 7.88. The maximum Gasteiger partial charge on any atom is 0.411 e. The Bertz CT molecular complexity index is 755. The first kappa shape index (κ1) is 19.3. The van der Waals surface area contributed by atoms with Gasteiger partial charge in [0.15, 0.2) is 0 Å². The Balaban J connectivity index is 2.54. The summed E-state index contributed by atoms with van der Waals surface area (Å²) < 4.78 is 10.3. The number of fused-ring (bicyclic) bond motifs is 1. The van der Waals surface area contributed by atoms with Crippen molar-refractivity contribution in [3.63, 3.8) is 0 Å². The molecule has 0 saturated carbocycles. The smallest absolute Gasteiger partial charge is 0.411 e. The normalized spacial score (nSPS) is 12.7. The third-order valence-corrected chi connectivity index (χ3v) is 5.53. The van der Waals surface area contributed by atoms with Crippen LogP contribution in [0, 0.1) is 0 Å². The van der Waals surface area contributed by atoms with Crippen molar-refractivity contribution in [2.45, 2.75) is 38.7 Å². The summed E-state index contributed by atoms with van der Waals surface area (Å²) in [7, 11) is 0.119. The zero-order valence-corrected chi connectivity index (χ0v) is 16.6. The van der Waals surface area contributed by atoms with Crippen LogP contribution < -0.4 is 10.1 Å². The minimum Gasteiger partial charge on any atom is -0.497 e. The first-order valence-corrected chi connectivity index (χ1v) is 12.2. The molecule has 5 nitrogen and oxygen atoms in total. The maximum absolute atomic E-state index is 11.9. The molecule has 0 saturated heterocycles. The molecule has 1 amide bonds. The molecule has 0 aliphatic heterocycles. The van der Waals surface area contributed by atoms with Crippen molar-refractivity contribution in [3.8, 4) is 5.75 Å². The maximum atomic E-state index is 11.9. The van der Waals surface area contributed by atoms with Crippen LogP contribution >= 0.6 is 0 Å². The van der Waals surface area contributed by atoms with Crippen LogP contribution in [0.1, 0.15) is 18.6 Å². The number of amides is 1. The number of ether oxygens (including phenoxy) is 2. The fourth-order valence-electron chi connectivity index (χ4n) is 2.89. The van der Waals surface area contributed by atoms with Gasteiger partial charge in [-0.2, -0.15) is 0 Å². The Morgan fingerprint density at radius 1 is 1.24 bits per heavy atom. The Morgan fingerprint density at radius 3 is 2.56 bits per heavy atom. The molecular formula is C19H27NO4Si. The lowest BCUT2D eigenvalue weighted by Gasteiger charge is -2.24. The second-order valence-electron chi connectivity index (χ2n) is 7.24. The Morgan fingerprint density at radius 2 is 1.96 bits per heavy atom. The summed E-state index contributed by atoms with van der Waals surface area (Å²) in [6.45, 7) is 8.69. The van der Waals surface area contributed by atoms with Gasteiger partial charge in [0.25, 0.3) is 0 Å². The van der Waals surface area contributed by atoms with E-state index in [4.69, 9.17) is 9.47 Å². The Labute approximate surface area is 150 Å². The number of hydrogen-bond acceptors (Lipinski definition) is 4. The number of anilines is 1. The molecule has 0 bridgehead atoms. The monoisotopic (exact) mass is 361 g/mol. The van der Waals surface area contributed by atoms with Gasteiger partial charge in [-0.25, -0.2) is 4.79 Å². The van der Waals surface area contributed by atoms with Crippen molar-refractivity contribution in [2.24, 2.45) is 0 Å². The highest BCUT2D eigenvalue weighted by Gasteiger charge is 2.24. The summed E-state index contributed by atoms with van der Waals surface area (Å²) >= 11 is 0. The molecule has 0 radical (unpaired) electrons. The van der Waals surface area contributed by atoms with E-state index in [0.29, 0.717) is 18.3 Å². The number of aliphatic hydroxyl groups is 1. The summed E-state index contributed by atoms with van der Waals surface area (Å²) in [5.74, 6) is 0.754. The van der Waals surface area contributed by atoms with Gasteiger partial charge in [0.1, 0.15) is 5.75 Å². The zero-order chi connectivity index (χ0) is 18.6. The van der Waals surface area contributed by atoms with Gasteiger partial charge in [0.05, 0.1) is 25.5 Å². The average molecular weight is 362 g/mol. The first-order valence-electron chi connectivity index (χ1n) is 8.47. The zero-order valence-electron chi connectivity index (χ0n) is 15.6. The van der Waals surface area contributed by atoms with E-state index >= 15 is 0 Å². The lowest BCUT2D eigenvalue weighted by Crippen LogP contribution is -2.24. The van der Waals surface area contributed by atoms with Crippen LogP contribution in [0.3, 0.4) is 0 Å². The molecule has 1 unspecified atom stereocenters. The number of carbonyl (C=O) groups excluding carboxylic acids is 1. The van der Waals surface area contributed by atoms with E-state index in [-0.39, 0.29) is 0 Å². The summed E-state index contributed by atoms with van der Waals surface area (Å²) in [5.41, 5.74) is 1.32. The molecule has 0 spiro atoms. The number of carbonyl (C=O) groups is 1. The Hall–Kier alpha value is -2.05. The average Bonchev–Trinajstić information content (AvgIpc) is 2.52. The van der Waals surface area contributed by atoms with Crippen LogP contribution in [-0.2, 0) is 4.74 Å². The van der Waals surface area contributed by atoms with Crippen LogP contribution in [0.4, 0.5) is 10.5 Å². The minimum absolute atomic E-state index is 0.295. The number of benzene rings is 2. The molecule has 0 heterocycles. The number of rotatable bonds is 6. The summed E-state index contributed by atoms with van der Waals surface area (Å²) in [5, 5.41) is 15.5. The van der Waals surface area contributed by atoms with Crippen LogP contribution in [0.15, 0.2) is 30.3 Å². The van der Waals surface area contributed by atoms with Gasteiger partial charge in [0.2, 0.25) is 0 Å². The van der Waals surface area contributed by atoms with E-state index < -0.39 is 20.3 Å². The fraction of sp³-hybridized carbons (Fsp3) is 0.421. The van der Waals surface area contributed by atoms with E-state index in [2.05, 4.69) is 25.0 Å². The highest BCUT2D eigenvalue weighted by Crippen LogP contribution is 2.37. The van der Waals surface area contributed by atoms with Crippen molar-refractivity contribution in [3.05, 3.63) is 35.9 Å². The van der Waals surface area contributed by atoms with Crippen molar-refractivity contribution in [1.29, 1.82) is 0 Å². The molecule has 25 heavy (non-hydrogen) atoms. The quantitative estimate of drug-likeness (QED) is 0.726. The van der Waals surface area contributed by atoms with Crippen LogP contribution in [0.5, 0.6) is 5.75 Å². The van der Waals surface area contributed by atoms with Gasteiger partial charge in [-0.3, -0.25) is 5.32 Å². The van der Waals surface area contributed by atoms with Gasteiger partial charge >= 0.3 is 6.09 Å². The van der Waals surface area contributed by atoms with Crippen molar-refractivity contribution >= 4 is 30.6 Å². The minimum atomic E-state index is -1.50. The highest BCUT2D eigenvalue weighted by atomic mass is 28.3. The molecule has 0 aromatic heterocycles. The van der Waals surface area contributed by atoms with Crippen molar-refractivity contribution in [1.82, 2.24) is 0 Å². The molecule has 2 N–H and O–H groups in total. The van der Waals surface area contributed by atoms with Gasteiger partial charge in [-0.05, 0) is 41.9 Å². The van der Waals surface area contributed by atoms with Crippen LogP contribution in [0.2, 0.25) is 25.7 Å². The van der Waals surface area contributed by atoms with Gasteiger partial charge in [0, 0.05) is 13.6 Å². The number of nitrogens with one attached hydrogen (secondary N) is 1. The van der Waals surface area contributed by atoms with Crippen molar-refractivity contribution in [2.75, 3.05) is 19.0 Å². The molecule has 1 atom stereocenters. The molecule has 0 fully saturated rings. The molecule has 0 aliphatic rings. The number of aliphatic hydroxyl groups excluding tert-OH is 1. The molecule has 2 aromatic rings. The molecule has 6 heteroatoms. The van der Waals surface area contributed by atoms with Gasteiger partial charge in [-0.1, -0.05) is 31.8 Å². The molecule has 0 aliphatic carbocycles. The van der Waals surface area contributed by atoms with E-state index in [9.17, 15) is 9.90 Å². The Kier molecular flexibility index (Phi) is 6.08. The van der Waals surface area contributed by atoms with Crippen LogP contribution in [0.25, 0.3) is 10.8 Å². The first-order chi connectivity index (χ1) is 11.7. The van der Waals surface area contributed by atoms with Crippen LogP contribution in [-0.4, -0.2) is 33.0 Å².